The normalized spacial score (nSPS) is 12.4. The summed E-state index contributed by atoms with van der Waals surface area (Å²) < 4.78 is 1.15. The summed E-state index contributed by atoms with van der Waals surface area (Å²) >= 11 is 10.0. The van der Waals surface area contributed by atoms with E-state index in [0.717, 1.165) is 22.5 Å². The molecular formula is C18H21BrClN. The molecule has 0 aliphatic rings. The van der Waals surface area contributed by atoms with E-state index in [-0.39, 0.29) is 6.04 Å². The Hall–Kier alpha value is -0.830. The van der Waals surface area contributed by atoms with E-state index in [2.05, 4.69) is 72.3 Å². The first-order valence-electron chi connectivity index (χ1n) is 7.26. The molecule has 0 radical (unpaired) electrons. The van der Waals surface area contributed by atoms with Crippen LogP contribution in [0.25, 0.3) is 0 Å². The molecule has 3 heteroatoms. The van der Waals surface area contributed by atoms with Crippen LogP contribution in [-0.2, 0) is 6.42 Å². The fraction of sp³-hybridized carbons (Fsp3) is 0.333. The van der Waals surface area contributed by atoms with Crippen molar-refractivity contribution in [3.05, 3.63) is 68.1 Å². The zero-order chi connectivity index (χ0) is 15.4. The second-order valence-corrected chi connectivity index (χ2v) is 6.62. The molecule has 2 aromatic carbocycles. The van der Waals surface area contributed by atoms with Crippen molar-refractivity contribution in [2.24, 2.45) is 0 Å². The van der Waals surface area contributed by atoms with Crippen LogP contribution in [0.5, 0.6) is 0 Å². The SMILES string of the molecule is CCNC(Cc1ccc(C)cc1Cl)c1cccc(Br)c1C. The lowest BCUT2D eigenvalue weighted by atomic mass is 9.95. The smallest absolute Gasteiger partial charge is 0.0441 e. The van der Waals surface area contributed by atoms with Crippen LogP contribution in [0.4, 0.5) is 0 Å². The van der Waals surface area contributed by atoms with Crippen LogP contribution < -0.4 is 5.32 Å². The van der Waals surface area contributed by atoms with Crippen LogP contribution >= 0.6 is 27.5 Å². The van der Waals surface area contributed by atoms with Gasteiger partial charge in [-0.3, -0.25) is 0 Å². The van der Waals surface area contributed by atoms with Crippen molar-refractivity contribution in [1.29, 1.82) is 0 Å². The van der Waals surface area contributed by atoms with E-state index in [1.54, 1.807) is 0 Å². The molecule has 21 heavy (non-hydrogen) atoms. The van der Waals surface area contributed by atoms with Gasteiger partial charge >= 0.3 is 0 Å². The third kappa shape index (κ3) is 4.09. The quantitative estimate of drug-likeness (QED) is 0.725. The van der Waals surface area contributed by atoms with Gasteiger partial charge < -0.3 is 5.32 Å². The van der Waals surface area contributed by atoms with E-state index in [1.165, 1.54) is 22.3 Å². The third-order valence-corrected chi connectivity index (χ3v) is 4.98. The Morgan fingerprint density at radius 3 is 2.62 bits per heavy atom. The lowest BCUT2D eigenvalue weighted by molar-refractivity contribution is 0.547. The molecule has 0 amide bonds. The van der Waals surface area contributed by atoms with Crippen molar-refractivity contribution in [1.82, 2.24) is 5.32 Å². The van der Waals surface area contributed by atoms with Gasteiger partial charge in [-0.25, -0.2) is 0 Å². The lowest BCUT2D eigenvalue weighted by Gasteiger charge is -2.22. The van der Waals surface area contributed by atoms with Crippen molar-refractivity contribution in [3.8, 4) is 0 Å². The minimum atomic E-state index is 0.271. The Morgan fingerprint density at radius 1 is 1.19 bits per heavy atom. The van der Waals surface area contributed by atoms with Crippen LogP contribution in [-0.4, -0.2) is 6.54 Å². The number of benzene rings is 2. The highest BCUT2D eigenvalue weighted by atomic mass is 79.9. The second kappa shape index (κ2) is 7.44. The number of hydrogen-bond acceptors (Lipinski definition) is 1. The molecule has 1 nitrogen and oxygen atoms in total. The summed E-state index contributed by atoms with van der Waals surface area (Å²) in [6.07, 6.45) is 0.893. The molecule has 0 fully saturated rings. The molecule has 112 valence electrons. The Balaban J connectivity index is 2.33. The summed E-state index contributed by atoms with van der Waals surface area (Å²) in [7, 11) is 0. The van der Waals surface area contributed by atoms with Crippen LogP contribution in [0.2, 0.25) is 5.02 Å². The molecule has 0 saturated heterocycles. The molecule has 2 rings (SSSR count). The van der Waals surface area contributed by atoms with Crippen LogP contribution in [0.1, 0.15) is 35.2 Å². The van der Waals surface area contributed by atoms with Crippen molar-refractivity contribution >= 4 is 27.5 Å². The standard InChI is InChI=1S/C18H21BrClN/c1-4-21-18(15-6-5-7-16(19)13(15)3)11-14-9-8-12(2)10-17(14)20/h5-10,18,21H,4,11H2,1-3H3. The van der Waals surface area contributed by atoms with Gasteiger partial charge in [0.05, 0.1) is 0 Å². The van der Waals surface area contributed by atoms with Gasteiger partial charge in [-0.05, 0) is 61.2 Å². The van der Waals surface area contributed by atoms with E-state index in [9.17, 15) is 0 Å². The lowest BCUT2D eigenvalue weighted by Crippen LogP contribution is -2.24. The molecule has 1 N–H and O–H groups in total. The molecule has 0 spiro atoms. The topological polar surface area (TPSA) is 12.0 Å². The van der Waals surface area contributed by atoms with E-state index < -0.39 is 0 Å². The van der Waals surface area contributed by atoms with Gasteiger partial charge in [-0.15, -0.1) is 0 Å². The largest absolute Gasteiger partial charge is 0.310 e. The molecule has 1 atom stereocenters. The van der Waals surface area contributed by atoms with Gasteiger partial charge in [0, 0.05) is 15.5 Å². The van der Waals surface area contributed by atoms with Crippen molar-refractivity contribution < 1.29 is 0 Å². The van der Waals surface area contributed by atoms with Gasteiger partial charge in [0.25, 0.3) is 0 Å². The average Bonchev–Trinajstić information content (AvgIpc) is 2.44. The van der Waals surface area contributed by atoms with E-state index in [0.29, 0.717) is 0 Å². The number of halogens is 2. The van der Waals surface area contributed by atoms with Gasteiger partial charge in [0.1, 0.15) is 0 Å². The predicted molar refractivity (Wildman–Crippen MR) is 95.2 cm³/mol. The summed E-state index contributed by atoms with van der Waals surface area (Å²) in [6, 6.07) is 12.9. The van der Waals surface area contributed by atoms with Crippen molar-refractivity contribution in [2.45, 2.75) is 33.2 Å². The highest BCUT2D eigenvalue weighted by molar-refractivity contribution is 9.10. The predicted octanol–water partition coefficient (Wildman–Crippen LogP) is 5.61. The van der Waals surface area contributed by atoms with E-state index in [1.807, 2.05) is 6.07 Å². The van der Waals surface area contributed by atoms with Crippen molar-refractivity contribution in [3.63, 3.8) is 0 Å². The van der Waals surface area contributed by atoms with Gasteiger partial charge in [-0.1, -0.05) is 58.7 Å². The Bertz CT molecular complexity index is 625. The first-order valence-corrected chi connectivity index (χ1v) is 8.43. The minimum absolute atomic E-state index is 0.271. The minimum Gasteiger partial charge on any atom is -0.310 e. The van der Waals surface area contributed by atoms with Gasteiger partial charge in [-0.2, -0.15) is 0 Å². The number of likely N-dealkylation sites (N-methyl/N-ethyl adjacent to an activating group) is 1. The fourth-order valence-corrected chi connectivity index (χ4v) is 3.27. The summed E-state index contributed by atoms with van der Waals surface area (Å²) in [5.74, 6) is 0. The van der Waals surface area contributed by atoms with Crippen molar-refractivity contribution in [2.75, 3.05) is 6.54 Å². The highest BCUT2D eigenvalue weighted by Crippen LogP contribution is 2.29. The number of aryl methyl sites for hydroxylation is 1. The molecule has 0 aliphatic heterocycles. The van der Waals surface area contributed by atoms with Crippen LogP contribution in [0.3, 0.4) is 0 Å². The monoisotopic (exact) mass is 365 g/mol. The second-order valence-electron chi connectivity index (χ2n) is 5.36. The first-order chi connectivity index (χ1) is 10.0. The maximum absolute atomic E-state index is 6.40. The Kier molecular flexibility index (Phi) is 5.86. The molecule has 0 aliphatic carbocycles. The molecule has 0 heterocycles. The Morgan fingerprint density at radius 2 is 1.95 bits per heavy atom. The maximum Gasteiger partial charge on any atom is 0.0441 e. The fourth-order valence-electron chi connectivity index (χ4n) is 2.58. The maximum atomic E-state index is 6.40. The summed E-state index contributed by atoms with van der Waals surface area (Å²) in [5, 5.41) is 4.43. The van der Waals surface area contributed by atoms with Crippen LogP contribution in [0.15, 0.2) is 40.9 Å². The van der Waals surface area contributed by atoms with Gasteiger partial charge in [0.2, 0.25) is 0 Å². The number of rotatable bonds is 5. The molecule has 1 unspecified atom stereocenters. The molecule has 2 aromatic rings. The average molecular weight is 367 g/mol. The van der Waals surface area contributed by atoms with Gasteiger partial charge in [0.15, 0.2) is 0 Å². The van der Waals surface area contributed by atoms with E-state index >= 15 is 0 Å². The summed E-state index contributed by atoms with van der Waals surface area (Å²) in [5.41, 5.74) is 4.99. The molecular weight excluding hydrogens is 346 g/mol. The highest BCUT2D eigenvalue weighted by Gasteiger charge is 2.16. The zero-order valence-corrected chi connectivity index (χ0v) is 15.1. The molecule has 0 saturated carbocycles. The third-order valence-electron chi connectivity index (χ3n) is 3.77. The number of nitrogens with one attached hydrogen (secondary N) is 1. The van der Waals surface area contributed by atoms with E-state index in [4.69, 9.17) is 11.6 Å². The molecule has 0 aromatic heterocycles. The summed E-state index contributed by atoms with van der Waals surface area (Å²) in [6.45, 7) is 7.29. The summed E-state index contributed by atoms with van der Waals surface area (Å²) in [4.78, 5) is 0. The zero-order valence-electron chi connectivity index (χ0n) is 12.7. The Labute approximate surface area is 140 Å². The first kappa shape index (κ1) is 16.5. The van der Waals surface area contributed by atoms with Crippen LogP contribution in [0, 0.1) is 13.8 Å². The molecule has 0 bridgehead atoms. The number of hydrogen-bond donors (Lipinski definition) is 1.